The van der Waals surface area contributed by atoms with Crippen molar-refractivity contribution in [1.82, 2.24) is 0 Å². The van der Waals surface area contributed by atoms with Crippen LogP contribution < -0.4 is 0 Å². The molecule has 138 valence electrons. The molecule has 2 aliphatic rings. The maximum absolute atomic E-state index is 13.8. The maximum Gasteiger partial charge on any atom is 0.159 e. The molecule has 1 fully saturated rings. The summed E-state index contributed by atoms with van der Waals surface area (Å²) in [6.07, 6.45) is 17.3. The first-order valence-corrected chi connectivity index (χ1v) is 10.2. The van der Waals surface area contributed by atoms with Gasteiger partial charge >= 0.3 is 0 Å². The fraction of sp³-hybridized carbons (Fsp3) is 0.652. The van der Waals surface area contributed by atoms with Crippen LogP contribution in [0.5, 0.6) is 0 Å². The summed E-state index contributed by atoms with van der Waals surface area (Å²) in [4.78, 5) is 0. The van der Waals surface area contributed by atoms with E-state index >= 15 is 0 Å². The third kappa shape index (κ3) is 5.15. The SMILES string of the molecule is CC1(CCC(CC2=CCCCC2)c2ccc(F)c(F)c2)CCCCC1. The van der Waals surface area contributed by atoms with Gasteiger partial charge in [-0.1, -0.05) is 43.9 Å². The van der Waals surface area contributed by atoms with Gasteiger partial charge in [0.25, 0.3) is 0 Å². The van der Waals surface area contributed by atoms with E-state index in [0.29, 0.717) is 11.3 Å². The standard InChI is InChI=1S/C23H32F2/c1-23(13-6-3-7-14-23)15-12-20(16-18-8-4-2-5-9-18)19-10-11-21(24)22(25)17-19/h8,10-11,17,20H,2-7,9,12-16H2,1H3. The Kier molecular flexibility index (Phi) is 6.30. The Bertz CT molecular complexity index is 596. The topological polar surface area (TPSA) is 0 Å². The Labute approximate surface area is 151 Å². The van der Waals surface area contributed by atoms with Crippen molar-refractivity contribution in [2.75, 3.05) is 0 Å². The lowest BCUT2D eigenvalue weighted by Crippen LogP contribution is -2.21. The zero-order valence-electron chi connectivity index (χ0n) is 15.6. The first kappa shape index (κ1) is 18.6. The molecule has 0 bridgehead atoms. The van der Waals surface area contributed by atoms with Gasteiger partial charge in [-0.2, -0.15) is 0 Å². The Hall–Kier alpha value is -1.18. The molecule has 1 aromatic rings. The predicted molar refractivity (Wildman–Crippen MR) is 101 cm³/mol. The lowest BCUT2D eigenvalue weighted by molar-refractivity contribution is 0.189. The van der Waals surface area contributed by atoms with E-state index in [1.807, 2.05) is 0 Å². The molecule has 1 unspecified atom stereocenters. The summed E-state index contributed by atoms with van der Waals surface area (Å²) >= 11 is 0. The van der Waals surface area contributed by atoms with Gasteiger partial charge < -0.3 is 0 Å². The second kappa shape index (κ2) is 8.47. The van der Waals surface area contributed by atoms with Crippen LogP contribution in [0.2, 0.25) is 0 Å². The number of hydrogen-bond acceptors (Lipinski definition) is 0. The summed E-state index contributed by atoms with van der Waals surface area (Å²) in [5, 5.41) is 0. The second-order valence-corrected chi connectivity index (χ2v) is 8.59. The number of halogens is 2. The van der Waals surface area contributed by atoms with Crippen molar-refractivity contribution in [3.8, 4) is 0 Å². The predicted octanol–water partition coefficient (Wildman–Crippen LogP) is 7.69. The molecule has 0 heterocycles. The van der Waals surface area contributed by atoms with E-state index in [0.717, 1.165) is 18.4 Å². The van der Waals surface area contributed by atoms with Gasteiger partial charge in [0.2, 0.25) is 0 Å². The minimum absolute atomic E-state index is 0.318. The summed E-state index contributed by atoms with van der Waals surface area (Å²) in [5.41, 5.74) is 2.94. The van der Waals surface area contributed by atoms with Crippen LogP contribution in [0, 0.1) is 17.0 Å². The van der Waals surface area contributed by atoms with E-state index in [2.05, 4.69) is 13.0 Å². The molecule has 0 amide bonds. The molecule has 0 aromatic heterocycles. The molecule has 2 aliphatic carbocycles. The van der Waals surface area contributed by atoms with E-state index in [-0.39, 0.29) is 0 Å². The van der Waals surface area contributed by atoms with E-state index in [4.69, 9.17) is 0 Å². The Balaban J connectivity index is 1.73. The van der Waals surface area contributed by atoms with Crippen LogP contribution in [-0.4, -0.2) is 0 Å². The van der Waals surface area contributed by atoms with Gasteiger partial charge in [0.15, 0.2) is 11.6 Å². The van der Waals surface area contributed by atoms with Gasteiger partial charge in [0.05, 0.1) is 0 Å². The van der Waals surface area contributed by atoms with Crippen LogP contribution in [0.15, 0.2) is 29.8 Å². The molecule has 0 nitrogen and oxygen atoms in total. The van der Waals surface area contributed by atoms with Gasteiger partial charge in [-0.25, -0.2) is 8.78 Å². The average molecular weight is 347 g/mol. The third-order valence-corrected chi connectivity index (χ3v) is 6.47. The summed E-state index contributed by atoms with van der Waals surface area (Å²) in [5.74, 6) is -1.12. The van der Waals surface area contributed by atoms with Gasteiger partial charge in [-0.05, 0) is 86.8 Å². The zero-order valence-corrected chi connectivity index (χ0v) is 15.6. The molecule has 25 heavy (non-hydrogen) atoms. The average Bonchev–Trinajstić information content (AvgIpc) is 2.62. The van der Waals surface area contributed by atoms with E-state index in [1.165, 1.54) is 81.9 Å². The number of rotatable bonds is 6. The minimum atomic E-state index is -0.737. The van der Waals surface area contributed by atoms with Crippen LogP contribution >= 0.6 is 0 Å². The summed E-state index contributed by atoms with van der Waals surface area (Å²) in [6.45, 7) is 2.42. The van der Waals surface area contributed by atoms with Crippen LogP contribution in [0.25, 0.3) is 0 Å². The molecular weight excluding hydrogens is 314 g/mol. The van der Waals surface area contributed by atoms with Gasteiger partial charge in [0, 0.05) is 0 Å². The highest BCUT2D eigenvalue weighted by atomic mass is 19.2. The smallest absolute Gasteiger partial charge is 0.159 e. The third-order valence-electron chi connectivity index (χ3n) is 6.47. The minimum Gasteiger partial charge on any atom is -0.204 e. The van der Waals surface area contributed by atoms with E-state index in [1.54, 1.807) is 6.07 Å². The largest absolute Gasteiger partial charge is 0.204 e. The molecule has 1 saturated carbocycles. The molecule has 0 spiro atoms. The Morgan fingerprint density at radius 3 is 2.48 bits per heavy atom. The first-order chi connectivity index (χ1) is 12.1. The van der Waals surface area contributed by atoms with Crippen molar-refractivity contribution in [2.24, 2.45) is 5.41 Å². The summed E-state index contributed by atoms with van der Waals surface area (Å²) in [6, 6.07) is 4.54. The molecule has 1 atom stereocenters. The molecule has 0 radical (unpaired) electrons. The Morgan fingerprint density at radius 1 is 1.00 bits per heavy atom. The van der Waals surface area contributed by atoms with Gasteiger partial charge in [-0.3, -0.25) is 0 Å². The molecule has 1 aromatic carbocycles. The molecule has 3 rings (SSSR count). The lowest BCUT2D eigenvalue weighted by atomic mass is 9.70. The zero-order chi connectivity index (χ0) is 17.7. The highest BCUT2D eigenvalue weighted by Crippen LogP contribution is 2.43. The maximum atomic E-state index is 13.8. The molecule has 0 N–H and O–H groups in total. The quantitative estimate of drug-likeness (QED) is 0.463. The molecule has 0 aliphatic heterocycles. The van der Waals surface area contributed by atoms with Crippen LogP contribution in [0.3, 0.4) is 0 Å². The fourth-order valence-electron chi connectivity index (χ4n) is 4.74. The molecular formula is C23H32F2. The van der Waals surface area contributed by atoms with Crippen LogP contribution in [0.1, 0.15) is 95.5 Å². The van der Waals surface area contributed by atoms with Crippen molar-refractivity contribution in [3.63, 3.8) is 0 Å². The highest BCUT2D eigenvalue weighted by Gasteiger charge is 2.28. The Morgan fingerprint density at radius 2 is 1.80 bits per heavy atom. The highest BCUT2D eigenvalue weighted by molar-refractivity contribution is 5.24. The number of hydrogen-bond donors (Lipinski definition) is 0. The van der Waals surface area contributed by atoms with Crippen molar-refractivity contribution in [2.45, 2.75) is 89.9 Å². The number of allylic oxidation sites excluding steroid dienone is 2. The molecule has 0 saturated heterocycles. The van der Waals surface area contributed by atoms with Gasteiger partial charge in [-0.15, -0.1) is 0 Å². The van der Waals surface area contributed by atoms with Gasteiger partial charge in [0.1, 0.15) is 0 Å². The first-order valence-electron chi connectivity index (χ1n) is 10.2. The number of benzene rings is 1. The lowest BCUT2D eigenvalue weighted by Gasteiger charge is -2.35. The van der Waals surface area contributed by atoms with Crippen molar-refractivity contribution in [3.05, 3.63) is 47.0 Å². The normalized spacial score (nSPS) is 21.6. The summed E-state index contributed by atoms with van der Waals surface area (Å²) < 4.78 is 27.2. The van der Waals surface area contributed by atoms with Crippen LogP contribution in [0.4, 0.5) is 8.78 Å². The van der Waals surface area contributed by atoms with Crippen molar-refractivity contribution < 1.29 is 8.78 Å². The molecule has 2 heteroatoms. The second-order valence-electron chi connectivity index (χ2n) is 8.59. The van der Waals surface area contributed by atoms with Crippen molar-refractivity contribution in [1.29, 1.82) is 0 Å². The van der Waals surface area contributed by atoms with E-state index < -0.39 is 11.6 Å². The fourth-order valence-corrected chi connectivity index (χ4v) is 4.74. The van der Waals surface area contributed by atoms with E-state index in [9.17, 15) is 8.78 Å². The van der Waals surface area contributed by atoms with Crippen LogP contribution in [-0.2, 0) is 0 Å². The monoisotopic (exact) mass is 346 g/mol. The summed E-state index contributed by atoms with van der Waals surface area (Å²) in [7, 11) is 0. The van der Waals surface area contributed by atoms with Crippen molar-refractivity contribution >= 4 is 0 Å².